The van der Waals surface area contributed by atoms with E-state index in [9.17, 15) is 22.0 Å². The number of aromatic nitrogens is 1. The van der Waals surface area contributed by atoms with Crippen LogP contribution in [0.5, 0.6) is 5.75 Å². The molecule has 1 heterocycles. The van der Waals surface area contributed by atoms with Crippen LogP contribution in [0.3, 0.4) is 0 Å². The van der Waals surface area contributed by atoms with Crippen LogP contribution >= 0.6 is 11.3 Å². The minimum Gasteiger partial charge on any atom is -0.486 e. The fourth-order valence-corrected chi connectivity index (χ4v) is 3.77. The number of nitrogens with one attached hydrogen (secondary N) is 1. The predicted molar refractivity (Wildman–Crippen MR) is 105 cm³/mol. The van der Waals surface area contributed by atoms with Crippen LogP contribution in [0.25, 0.3) is 0 Å². The zero-order valence-electron chi connectivity index (χ0n) is 15.6. The van der Waals surface area contributed by atoms with E-state index in [0.717, 1.165) is 18.2 Å². The van der Waals surface area contributed by atoms with Gasteiger partial charge in [0.15, 0.2) is 0 Å². The van der Waals surface area contributed by atoms with Crippen LogP contribution in [0.4, 0.5) is 8.78 Å². The van der Waals surface area contributed by atoms with Gasteiger partial charge in [-0.15, -0.1) is 11.3 Å². The Morgan fingerprint density at radius 3 is 2.57 bits per heavy atom. The molecule has 0 spiro atoms. The van der Waals surface area contributed by atoms with Gasteiger partial charge in [-0.2, -0.15) is 0 Å². The molecule has 0 radical (unpaired) electrons. The van der Waals surface area contributed by atoms with Crippen molar-refractivity contribution in [3.8, 4) is 5.75 Å². The van der Waals surface area contributed by atoms with Gasteiger partial charge >= 0.3 is 5.97 Å². The van der Waals surface area contributed by atoms with Crippen molar-refractivity contribution in [2.45, 2.75) is 18.1 Å². The third-order valence-electron chi connectivity index (χ3n) is 3.86. The molecular formula is C19H16F2N2O5S2. The first kappa shape index (κ1) is 21.8. The lowest BCUT2D eigenvalue weighted by Crippen LogP contribution is -2.19. The van der Waals surface area contributed by atoms with Crippen molar-refractivity contribution in [2.24, 2.45) is 0 Å². The molecule has 0 bridgehead atoms. The number of carbonyl (C=O) groups is 1. The third-order valence-corrected chi connectivity index (χ3v) is 6.15. The highest BCUT2D eigenvalue weighted by molar-refractivity contribution is 7.89. The maximum atomic E-state index is 14.0. The summed E-state index contributed by atoms with van der Waals surface area (Å²) < 4.78 is 63.1. The molecule has 1 N–H and O–H groups in total. The third kappa shape index (κ3) is 5.38. The molecule has 1 aromatic heterocycles. The molecule has 11 heteroatoms. The van der Waals surface area contributed by atoms with Gasteiger partial charge < -0.3 is 9.47 Å². The Hall–Kier alpha value is -2.89. The number of halogens is 2. The zero-order chi connectivity index (χ0) is 21.7. The van der Waals surface area contributed by atoms with Crippen molar-refractivity contribution in [3.63, 3.8) is 0 Å². The second-order valence-electron chi connectivity index (χ2n) is 5.90. The predicted octanol–water partition coefficient (Wildman–Crippen LogP) is 3.27. The van der Waals surface area contributed by atoms with E-state index in [-0.39, 0.29) is 23.9 Å². The molecule has 0 saturated carbocycles. The highest BCUT2D eigenvalue weighted by Gasteiger charge is 2.19. The summed E-state index contributed by atoms with van der Waals surface area (Å²) in [5.74, 6) is -1.81. The summed E-state index contributed by atoms with van der Waals surface area (Å²) in [5, 5.41) is 2.24. The summed E-state index contributed by atoms with van der Waals surface area (Å²) in [6.45, 7) is -0.0862. The van der Waals surface area contributed by atoms with Crippen molar-refractivity contribution in [1.82, 2.24) is 9.71 Å². The SMILES string of the molecule is CNS(=O)(=O)c1ccc(F)c(C(=O)OCc2csc(COc3ccc(F)cc3)n2)c1. The Bertz CT molecular complexity index is 1150. The van der Waals surface area contributed by atoms with Gasteiger partial charge in [0, 0.05) is 5.38 Å². The molecule has 0 atom stereocenters. The van der Waals surface area contributed by atoms with Crippen molar-refractivity contribution < 1.29 is 31.5 Å². The van der Waals surface area contributed by atoms with E-state index in [1.165, 1.54) is 42.6 Å². The Balaban J connectivity index is 1.60. The molecule has 2 aromatic carbocycles. The number of hydrogen-bond donors (Lipinski definition) is 1. The molecule has 158 valence electrons. The second-order valence-corrected chi connectivity index (χ2v) is 8.73. The topological polar surface area (TPSA) is 94.6 Å². The number of rotatable bonds is 8. The number of carbonyl (C=O) groups excluding carboxylic acids is 1. The Morgan fingerprint density at radius 1 is 1.13 bits per heavy atom. The molecule has 3 rings (SSSR count). The number of thiazole rings is 1. The molecule has 3 aromatic rings. The summed E-state index contributed by atoms with van der Waals surface area (Å²) in [6.07, 6.45) is 0. The van der Waals surface area contributed by atoms with Crippen LogP contribution in [0.2, 0.25) is 0 Å². The average molecular weight is 454 g/mol. The van der Waals surface area contributed by atoms with E-state index in [1.807, 2.05) is 0 Å². The first-order valence-corrected chi connectivity index (χ1v) is 10.9. The van der Waals surface area contributed by atoms with E-state index >= 15 is 0 Å². The van der Waals surface area contributed by atoms with Gasteiger partial charge in [-0.1, -0.05) is 0 Å². The quantitative estimate of drug-likeness (QED) is 0.525. The minimum atomic E-state index is -3.84. The molecule has 0 fully saturated rings. The van der Waals surface area contributed by atoms with Gasteiger partial charge in [0.1, 0.15) is 35.6 Å². The fraction of sp³-hybridized carbons (Fsp3) is 0.158. The fourth-order valence-electron chi connectivity index (χ4n) is 2.32. The monoisotopic (exact) mass is 454 g/mol. The Labute approximate surface area is 175 Å². The summed E-state index contributed by atoms with van der Waals surface area (Å²) in [5.41, 5.74) is -0.0770. The summed E-state index contributed by atoms with van der Waals surface area (Å²) in [4.78, 5) is 16.2. The van der Waals surface area contributed by atoms with Crippen LogP contribution in [0.1, 0.15) is 21.1 Å². The lowest BCUT2D eigenvalue weighted by molar-refractivity contribution is 0.0462. The highest BCUT2D eigenvalue weighted by atomic mass is 32.2. The number of hydrogen-bond acceptors (Lipinski definition) is 7. The van der Waals surface area contributed by atoms with E-state index in [0.29, 0.717) is 16.5 Å². The molecule has 0 aliphatic heterocycles. The maximum Gasteiger partial charge on any atom is 0.341 e. The smallest absolute Gasteiger partial charge is 0.341 e. The van der Waals surface area contributed by atoms with Gasteiger partial charge in [-0.3, -0.25) is 0 Å². The van der Waals surface area contributed by atoms with Crippen LogP contribution in [-0.4, -0.2) is 26.4 Å². The minimum absolute atomic E-state index is 0.142. The van der Waals surface area contributed by atoms with Crippen molar-refractivity contribution in [3.05, 3.63) is 75.7 Å². The zero-order valence-corrected chi connectivity index (χ0v) is 17.2. The molecule has 0 unspecified atom stereocenters. The standard InChI is InChI=1S/C19H16F2N2O5S2/c1-22-30(25,26)15-6-7-17(21)16(8-15)19(24)28-9-13-11-29-18(23-13)10-27-14-4-2-12(20)3-5-14/h2-8,11,22H,9-10H2,1H3. The van der Waals surface area contributed by atoms with Gasteiger partial charge in [-0.05, 0) is 49.5 Å². The summed E-state index contributed by atoms with van der Waals surface area (Å²) in [7, 11) is -2.63. The Morgan fingerprint density at radius 2 is 1.87 bits per heavy atom. The van der Waals surface area contributed by atoms with Gasteiger partial charge in [-0.25, -0.2) is 31.7 Å². The number of esters is 1. The van der Waals surface area contributed by atoms with Gasteiger partial charge in [0.05, 0.1) is 16.2 Å². The van der Waals surface area contributed by atoms with E-state index in [2.05, 4.69) is 9.71 Å². The molecule has 0 saturated heterocycles. The highest BCUT2D eigenvalue weighted by Crippen LogP contribution is 2.19. The van der Waals surface area contributed by atoms with Crippen LogP contribution < -0.4 is 9.46 Å². The first-order chi connectivity index (χ1) is 14.3. The van der Waals surface area contributed by atoms with Crippen LogP contribution in [0, 0.1) is 11.6 Å². The van der Waals surface area contributed by atoms with Crippen molar-refractivity contribution >= 4 is 27.3 Å². The first-order valence-electron chi connectivity index (χ1n) is 8.50. The average Bonchev–Trinajstić information content (AvgIpc) is 3.19. The molecule has 30 heavy (non-hydrogen) atoms. The number of ether oxygens (including phenoxy) is 2. The Kier molecular flexibility index (Phi) is 6.75. The molecular weight excluding hydrogens is 438 g/mol. The number of sulfonamides is 1. The number of nitrogens with zero attached hydrogens (tertiary/aromatic N) is 1. The van der Waals surface area contributed by atoms with Crippen LogP contribution in [-0.2, 0) is 28.0 Å². The second kappa shape index (κ2) is 9.28. The van der Waals surface area contributed by atoms with Crippen LogP contribution in [0.15, 0.2) is 52.7 Å². The molecule has 0 aliphatic rings. The maximum absolute atomic E-state index is 14.0. The number of benzene rings is 2. The lowest BCUT2D eigenvalue weighted by Gasteiger charge is -2.07. The molecule has 0 amide bonds. The lowest BCUT2D eigenvalue weighted by atomic mass is 10.2. The van der Waals surface area contributed by atoms with Gasteiger partial charge in [0.25, 0.3) is 0 Å². The van der Waals surface area contributed by atoms with E-state index in [1.54, 1.807) is 5.38 Å². The summed E-state index contributed by atoms with van der Waals surface area (Å²) in [6, 6.07) is 8.37. The normalized spacial score (nSPS) is 11.3. The largest absolute Gasteiger partial charge is 0.486 e. The van der Waals surface area contributed by atoms with Crippen molar-refractivity contribution in [1.29, 1.82) is 0 Å². The molecule has 0 aliphatic carbocycles. The van der Waals surface area contributed by atoms with E-state index < -0.39 is 27.4 Å². The van der Waals surface area contributed by atoms with E-state index in [4.69, 9.17) is 9.47 Å². The molecule has 7 nitrogen and oxygen atoms in total. The van der Waals surface area contributed by atoms with Gasteiger partial charge in [0.2, 0.25) is 10.0 Å². The summed E-state index contributed by atoms with van der Waals surface area (Å²) >= 11 is 1.27. The van der Waals surface area contributed by atoms with Crippen molar-refractivity contribution in [2.75, 3.05) is 7.05 Å².